The highest BCUT2D eigenvalue weighted by atomic mass is 32.1. The van der Waals surface area contributed by atoms with E-state index in [1.807, 2.05) is 21.5 Å². The van der Waals surface area contributed by atoms with Crippen molar-refractivity contribution >= 4 is 21.6 Å². The molecule has 2 aliphatic carbocycles. The summed E-state index contributed by atoms with van der Waals surface area (Å²) >= 11 is 1.70. The Bertz CT molecular complexity index is 1590. The third-order valence-electron chi connectivity index (χ3n) is 7.69. The molecule has 0 saturated carbocycles. The molecule has 0 aliphatic heterocycles. The molecule has 180 valence electrons. The molecule has 3 aromatic heterocycles. The second kappa shape index (κ2) is 8.84. The molecular weight excluding hydrogens is 466 g/mol. The van der Waals surface area contributed by atoms with Gasteiger partial charge in [-0.05, 0) is 72.6 Å². The summed E-state index contributed by atoms with van der Waals surface area (Å²) in [7, 11) is 0. The van der Waals surface area contributed by atoms with Crippen LogP contribution in [0.3, 0.4) is 0 Å². The van der Waals surface area contributed by atoms with Crippen LogP contribution < -0.4 is 10.9 Å². The lowest BCUT2D eigenvalue weighted by Crippen LogP contribution is -2.34. The Labute approximate surface area is 213 Å². The van der Waals surface area contributed by atoms with Crippen molar-refractivity contribution in [1.82, 2.24) is 24.6 Å². The van der Waals surface area contributed by atoms with E-state index in [4.69, 9.17) is 4.98 Å². The van der Waals surface area contributed by atoms with Crippen molar-refractivity contribution in [3.63, 3.8) is 0 Å². The molecule has 1 N–H and O–H groups in total. The molecule has 1 unspecified atom stereocenters. The van der Waals surface area contributed by atoms with E-state index >= 15 is 0 Å². The van der Waals surface area contributed by atoms with Gasteiger partial charge in [0.25, 0.3) is 5.56 Å². The van der Waals surface area contributed by atoms with Gasteiger partial charge in [0.1, 0.15) is 4.83 Å². The molecule has 0 radical (unpaired) electrons. The van der Waals surface area contributed by atoms with Crippen molar-refractivity contribution in [2.45, 2.75) is 50.7 Å². The number of benzene rings is 2. The summed E-state index contributed by atoms with van der Waals surface area (Å²) in [5.74, 6) is 0. The minimum atomic E-state index is 0.136. The molecule has 0 spiro atoms. The van der Waals surface area contributed by atoms with Crippen LogP contribution in [0.15, 0.2) is 78.1 Å². The number of hydrogen-bond donors (Lipinski definition) is 1. The molecule has 0 bridgehead atoms. The van der Waals surface area contributed by atoms with Gasteiger partial charge in [-0.25, -0.2) is 9.67 Å². The smallest absolute Gasteiger partial charge is 0.262 e. The fourth-order valence-corrected chi connectivity index (χ4v) is 7.10. The van der Waals surface area contributed by atoms with Gasteiger partial charge in [0.15, 0.2) is 0 Å². The fourth-order valence-electron chi connectivity index (χ4n) is 5.84. The number of aryl methyl sites for hydroxylation is 1. The lowest BCUT2D eigenvalue weighted by molar-refractivity contribution is 0.462. The molecule has 36 heavy (non-hydrogen) atoms. The minimum Gasteiger partial charge on any atom is -0.310 e. The first-order valence-corrected chi connectivity index (χ1v) is 13.4. The number of thiophene rings is 1. The second-order valence-electron chi connectivity index (χ2n) is 9.91. The Morgan fingerprint density at radius 2 is 1.89 bits per heavy atom. The summed E-state index contributed by atoms with van der Waals surface area (Å²) in [5.41, 5.74) is 6.39. The highest BCUT2D eigenvalue weighted by Gasteiger charge is 2.28. The molecule has 0 amide bonds. The highest BCUT2D eigenvalue weighted by molar-refractivity contribution is 7.18. The van der Waals surface area contributed by atoms with E-state index < -0.39 is 0 Å². The Hall–Kier alpha value is -3.55. The van der Waals surface area contributed by atoms with Crippen LogP contribution in [0.25, 0.3) is 15.9 Å². The van der Waals surface area contributed by atoms with Crippen LogP contribution in [-0.2, 0) is 32.2 Å². The average molecular weight is 494 g/mol. The summed E-state index contributed by atoms with van der Waals surface area (Å²) in [6.45, 7) is 0.813. The number of nitrogens with one attached hydrogen (secondary N) is 1. The van der Waals surface area contributed by atoms with Crippen molar-refractivity contribution < 1.29 is 0 Å². The molecule has 6 nitrogen and oxygen atoms in total. The van der Waals surface area contributed by atoms with Crippen molar-refractivity contribution in [2.24, 2.45) is 0 Å². The van der Waals surface area contributed by atoms with Crippen LogP contribution in [0.5, 0.6) is 0 Å². The van der Waals surface area contributed by atoms with Crippen LogP contribution in [-0.4, -0.2) is 25.4 Å². The summed E-state index contributed by atoms with van der Waals surface area (Å²) in [6, 6.07) is 19.5. The number of aromatic nitrogens is 4. The maximum atomic E-state index is 13.6. The molecule has 5 aromatic rings. The van der Waals surface area contributed by atoms with Crippen LogP contribution in [0.2, 0.25) is 0 Å². The summed E-state index contributed by atoms with van der Waals surface area (Å²) < 4.78 is 3.78. The molecule has 0 fully saturated rings. The topological polar surface area (TPSA) is 64.7 Å². The minimum absolute atomic E-state index is 0.136. The molecule has 2 aromatic carbocycles. The third kappa shape index (κ3) is 3.79. The Kier molecular flexibility index (Phi) is 5.33. The highest BCUT2D eigenvalue weighted by Crippen LogP contribution is 2.35. The second-order valence-corrected chi connectivity index (χ2v) is 11.0. The fraction of sp³-hybridized carbons (Fsp3) is 0.276. The van der Waals surface area contributed by atoms with Crippen LogP contribution in [0, 0.1) is 0 Å². The van der Waals surface area contributed by atoms with Gasteiger partial charge in [0, 0.05) is 35.9 Å². The summed E-state index contributed by atoms with van der Waals surface area (Å²) in [6.07, 6.45) is 10.3. The lowest BCUT2D eigenvalue weighted by atomic mass is 9.93. The summed E-state index contributed by atoms with van der Waals surface area (Å²) in [4.78, 5) is 20.6. The van der Waals surface area contributed by atoms with Gasteiger partial charge in [-0.3, -0.25) is 9.36 Å². The quantitative estimate of drug-likeness (QED) is 0.388. The Balaban J connectivity index is 1.09. The van der Waals surface area contributed by atoms with Gasteiger partial charge in [-0.15, -0.1) is 11.3 Å². The maximum absolute atomic E-state index is 13.6. The van der Waals surface area contributed by atoms with E-state index in [1.54, 1.807) is 23.9 Å². The van der Waals surface area contributed by atoms with Crippen molar-refractivity contribution in [3.8, 4) is 5.69 Å². The van der Waals surface area contributed by atoms with E-state index in [1.165, 1.54) is 27.1 Å². The van der Waals surface area contributed by atoms with Crippen LogP contribution in [0.1, 0.15) is 39.6 Å². The van der Waals surface area contributed by atoms with Gasteiger partial charge in [0.2, 0.25) is 0 Å². The molecular formula is C29H27N5OS. The molecule has 7 rings (SSSR count). The average Bonchev–Trinajstić information content (AvgIpc) is 3.66. The SMILES string of the molecule is O=c1c2c3c(sc2ncn1C1Cc2ccccc2C1)CC(NCc1cccc(-n2cccn2)c1)CC3. The molecule has 1 atom stereocenters. The van der Waals surface area contributed by atoms with Gasteiger partial charge in [0.05, 0.1) is 17.4 Å². The predicted molar refractivity (Wildman–Crippen MR) is 143 cm³/mol. The third-order valence-corrected chi connectivity index (χ3v) is 8.85. The summed E-state index contributed by atoms with van der Waals surface area (Å²) in [5, 5.41) is 8.95. The van der Waals surface area contributed by atoms with Crippen LogP contribution >= 0.6 is 11.3 Å². The molecule has 7 heteroatoms. The molecule has 3 heterocycles. The van der Waals surface area contributed by atoms with Crippen LogP contribution in [0.4, 0.5) is 0 Å². The molecule has 0 saturated heterocycles. The predicted octanol–water partition coefficient (Wildman–Crippen LogP) is 4.63. The van der Waals surface area contributed by atoms with E-state index in [2.05, 4.69) is 58.9 Å². The monoisotopic (exact) mass is 493 g/mol. The van der Waals surface area contributed by atoms with Crippen molar-refractivity contribution in [2.75, 3.05) is 0 Å². The number of hydrogen-bond acceptors (Lipinski definition) is 5. The first-order chi connectivity index (χ1) is 17.7. The van der Waals surface area contributed by atoms with E-state index in [0.717, 1.165) is 54.6 Å². The van der Waals surface area contributed by atoms with E-state index in [9.17, 15) is 4.79 Å². The van der Waals surface area contributed by atoms with Crippen molar-refractivity contribution in [3.05, 3.63) is 111 Å². The number of nitrogens with zero attached hydrogens (tertiary/aromatic N) is 4. The van der Waals surface area contributed by atoms with E-state index in [-0.39, 0.29) is 11.6 Å². The lowest BCUT2D eigenvalue weighted by Gasteiger charge is -2.23. The van der Waals surface area contributed by atoms with Gasteiger partial charge in [-0.2, -0.15) is 5.10 Å². The van der Waals surface area contributed by atoms with Gasteiger partial charge in [-0.1, -0.05) is 36.4 Å². The first kappa shape index (κ1) is 21.7. The largest absolute Gasteiger partial charge is 0.310 e. The zero-order valence-corrected chi connectivity index (χ0v) is 20.7. The standard InChI is InChI=1S/C29H27N5OS/c35-29-27-25-10-9-22(30-17-19-5-3-8-23(13-19)34-12-4-11-32-34)16-26(25)36-28(27)31-18-33(29)24-14-20-6-1-2-7-21(20)15-24/h1-8,11-13,18,22,24,30H,9-10,14-17H2. The van der Waals surface area contributed by atoms with Gasteiger partial charge < -0.3 is 5.32 Å². The van der Waals surface area contributed by atoms with Gasteiger partial charge >= 0.3 is 0 Å². The zero-order valence-electron chi connectivity index (χ0n) is 19.9. The van der Waals surface area contributed by atoms with E-state index in [0.29, 0.717) is 6.04 Å². The van der Waals surface area contributed by atoms with Crippen molar-refractivity contribution in [1.29, 1.82) is 0 Å². The normalized spacial score (nSPS) is 17.4. The zero-order chi connectivity index (χ0) is 24.1. The first-order valence-electron chi connectivity index (χ1n) is 12.6. The number of rotatable bonds is 5. The Morgan fingerprint density at radius 1 is 1.03 bits per heavy atom. The Morgan fingerprint density at radius 3 is 2.69 bits per heavy atom. The number of fused-ring (bicyclic) bond motifs is 4. The maximum Gasteiger partial charge on any atom is 0.262 e. The molecule has 2 aliphatic rings.